The van der Waals surface area contributed by atoms with E-state index in [1.54, 1.807) is 4.90 Å². The first kappa shape index (κ1) is 15.6. The Morgan fingerprint density at radius 3 is 2.53 bits per heavy atom. The molecule has 1 rings (SSSR count). The highest BCUT2D eigenvalue weighted by atomic mass is 16.6. The molecule has 19 heavy (non-hydrogen) atoms. The molecule has 3 amide bonds. The summed E-state index contributed by atoms with van der Waals surface area (Å²) in [5, 5.41) is 2.78. The van der Waals surface area contributed by atoms with Gasteiger partial charge < -0.3 is 20.7 Å². The fourth-order valence-corrected chi connectivity index (χ4v) is 2.34. The molecule has 0 radical (unpaired) electrons. The molecule has 3 N–H and O–H groups in total. The van der Waals surface area contributed by atoms with Crippen LogP contribution in [-0.2, 0) is 4.74 Å². The minimum atomic E-state index is -0.528. The van der Waals surface area contributed by atoms with Crippen molar-refractivity contribution in [2.75, 3.05) is 6.54 Å². The van der Waals surface area contributed by atoms with Crippen LogP contribution in [0.15, 0.2) is 0 Å². The second-order valence-electron chi connectivity index (χ2n) is 6.03. The summed E-state index contributed by atoms with van der Waals surface area (Å²) in [6.45, 7) is 7.96. The number of hydrogen-bond donors (Lipinski definition) is 2. The average Bonchev–Trinajstić information content (AvgIpc) is 2.26. The van der Waals surface area contributed by atoms with E-state index in [-0.39, 0.29) is 12.1 Å². The van der Waals surface area contributed by atoms with Gasteiger partial charge in [0.25, 0.3) is 0 Å². The normalized spacial score (nSPS) is 21.7. The minimum Gasteiger partial charge on any atom is -0.444 e. The molecule has 0 aromatic carbocycles. The molecule has 0 spiro atoms. The van der Waals surface area contributed by atoms with Crippen molar-refractivity contribution in [1.29, 1.82) is 0 Å². The number of amides is 3. The molecule has 1 aliphatic rings. The number of nitrogens with two attached hydrogens (primary N) is 1. The Labute approximate surface area is 114 Å². The lowest BCUT2D eigenvalue weighted by Gasteiger charge is -2.38. The second-order valence-corrected chi connectivity index (χ2v) is 6.03. The zero-order chi connectivity index (χ0) is 14.6. The Morgan fingerprint density at radius 2 is 2.00 bits per heavy atom. The number of carbonyl (C=O) groups excluding carboxylic acids is 2. The first-order valence-corrected chi connectivity index (χ1v) is 6.76. The summed E-state index contributed by atoms with van der Waals surface area (Å²) < 4.78 is 5.21. The smallest absolute Gasteiger partial charge is 0.407 e. The highest BCUT2D eigenvalue weighted by Gasteiger charge is 2.31. The lowest BCUT2D eigenvalue weighted by molar-refractivity contribution is 0.0464. The van der Waals surface area contributed by atoms with Crippen molar-refractivity contribution >= 4 is 12.1 Å². The number of hydrogen-bond acceptors (Lipinski definition) is 3. The number of carbonyl (C=O) groups is 2. The van der Waals surface area contributed by atoms with E-state index in [2.05, 4.69) is 5.32 Å². The fraction of sp³-hybridized carbons (Fsp3) is 0.846. The van der Waals surface area contributed by atoms with Gasteiger partial charge in [0, 0.05) is 12.6 Å². The molecule has 6 heteroatoms. The van der Waals surface area contributed by atoms with Gasteiger partial charge in [-0.1, -0.05) is 0 Å². The van der Waals surface area contributed by atoms with Crippen molar-refractivity contribution in [3.05, 3.63) is 0 Å². The van der Waals surface area contributed by atoms with Crippen LogP contribution in [0.2, 0.25) is 0 Å². The Morgan fingerprint density at radius 1 is 1.37 bits per heavy atom. The monoisotopic (exact) mass is 271 g/mol. The van der Waals surface area contributed by atoms with Gasteiger partial charge in [-0.05, 0) is 47.0 Å². The van der Waals surface area contributed by atoms with Gasteiger partial charge in [0.1, 0.15) is 5.60 Å². The maximum absolute atomic E-state index is 11.7. The van der Waals surface area contributed by atoms with Gasteiger partial charge in [-0.3, -0.25) is 0 Å². The number of rotatable bonds is 2. The molecule has 0 bridgehead atoms. The van der Waals surface area contributed by atoms with Crippen LogP contribution < -0.4 is 11.1 Å². The summed E-state index contributed by atoms with van der Waals surface area (Å²) in [6.07, 6.45) is 2.38. The average molecular weight is 271 g/mol. The number of piperidine rings is 1. The third kappa shape index (κ3) is 4.96. The van der Waals surface area contributed by atoms with Gasteiger partial charge in [-0.2, -0.15) is 0 Å². The third-order valence-corrected chi connectivity index (χ3v) is 3.15. The van der Waals surface area contributed by atoms with E-state index in [9.17, 15) is 9.59 Å². The number of likely N-dealkylation sites (tertiary alicyclic amines) is 1. The molecular formula is C13H25N3O3. The molecule has 0 aliphatic carbocycles. The zero-order valence-electron chi connectivity index (χ0n) is 12.2. The quantitative estimate of drug-likeness (QED) is 0.803. The standard InChI is InChI=1S/C13H25N3O3/c1-9(15-12(18)19-13(2,3)4)10-7-5-6-8-16(10)11(14)17/h9-10H,5-8H2,1-4H3,(H2,14,17)(H,15,18)/t9-,10-/m1/s1. The molecule has 110 valence electrons. The van der Waals surface area contributed by atoms with E-state index in [1.165, 1.54) is 0 Å². The van der Waals surface area contributed by atoms with Crippen LogP contribution in [0.4, 0.5) is 9.59 Å². The van der Waals surface area contributed by atoms with Crippen molar-refractivity contribution in [1.82, 2.24) is 10.2 Å². The van der Waals surface area contributed by atoms with Crippen molar-refractivity contribution in [3.63, 3.8) is 0 Å². The Balaban J connectivity index is 2.58. The predicted molar refractivity (Wildman–Crippen MR) is 72.8 cm³/mol. The lowest BCUT2D eigenvalue weighted by atomic mass is 9.97. The number of urea groups is 1. The fourth-order valence-electron chi connectivity index (χ4n) is 2.34. The molecule has 1 heterocycles. The lowest BCUT2D eigenvalue weighted by Crippen LogP contribution is -2.56. The number of alkyl carbamates (subject to hydrolysis) is 1. The number of nitrogens with one attached hydrogen (secondary N) is 1. The molecule has 0 aromatic heterocycles. The highest BCUT2D eigenvalue weighted by Crippen LogP contribution is 2.19. The topological polar surface area (TPSA) is 84.7 Å². The molecule has 6 nitrogen and oxygen atoms in total. The SMILES string of the molecule is C[C@@H](NC(=O)OC(C)(C)C)[C@H]1CCCCN1C(N)=O. The van der Waals surface area contributed by atoms with E-state index in [1.807, 2.05) is 27.7 Å². The summed E-state index contributed by atoms with van der Waals surface area (Å²) >= 11 is 0. The van der Waals surface area contributed by atoms with Gasteiger partial charge in [-0.15, -0.1) is 0 Å². The molecule has 0 saturated carbocycles. The molecule has 1 fully saturated rings. The first-order valence-electron chi connectivity index (χ1n) is 6.76. The minimum absolute atomic E-state index is 0.0567. The third-order valence-electron chi connectivity index (χ3n) is 3.15. The van der Waals surface area contributed by atoms with E-state index in [4.69, 9.17) is 10.5 Å². The molecule has 0 unspecified atom stereocenters. The van der Waals surface area contributed by atoms with Crippen LogP contribution >= 0.6 is 0 Å². The molecule has 1 saturated heterocycles. The zero-order valence-corrected chi connectivity index (χ0v) is 12.2. The van der Waals surface area contributed by atoms with E-state index < -0.39 is 17.7 Å². The van der Waals surface area contributed by atoms with Crippen LogP contribution in [0.5, 0.6) is 0 Å². The Hall–Kier alpha value is -1.46. The van der Waals surface area contributed by atoms with Crippen molar-refractivity contribution in [3.8, 4) is 0 Å². The van der Waals surface area contributed by atoms with Crippen LogP contribution in [-0.4, -0.2) is 41.3 Å². The van der Waals surface area contributed by atoms with E-state index >= 15 is 0 Å². The summed E-state index contributed by atoms with van der Waals surface area (Å²) in [5.74, 6) is 0. The highest BCUT2D eigenvalue weighted by molar-refractivity contribution is 5.73. The Bertz CT molecular complexity index is 339. The van der Waals surface area contributed by atoms with Gasteiger partial charge in [-0.25, -0.2) is 9.59 Å². The van der Waals surface area contributed by atoms with Crippen LogP contribution in [0, 0.1) is 0 Å². The summed E-state index contributed by atoms with van der Waals surface area (Å²) in [4.78, 5) is 24.7. The second kappa shape index (κ2) is 6.12. The maximum atomic E-state index is 11.7. The van der Waals surface area contributed by atoms with Crippen LogP contribution in [0.3, 0.4) is 0 Å². The van der Waals surface area contributed by atoms with Crippen LogP contribution in [0.25, 0.3) is 0 Å². The van der Waals surface area contributed by atoms with E-state index in [0.717, 1.165) is 19.3 Å². The van der Waals surface area contributed by atoms with Crippen LogP contribution in [0.1, 0.15) is 47.0 Å². The van der Waals surface area contributed by atoms with Gasteiger partial charge >= 0.3 is 12.1 Å². The molecule has 0 aromatic rings. The predicted octanol–water partition coefficient (Wildman–Crippen LogP) is 1.83. The number of ether oxygens (including phenoxy) is 1. The van der Waals surface area contributed by atoms with Gasteiger partial charge in [0.05, 0.1) is 6.04 Å². The number of nitrogens with zero attached hydrogens (tertiary/aromatic N) is 1. The van der Waals surface area contributed by atoms with Crippen molar-refractivity contribution < 1.29 is 14.3 Å². The summed E-state index contributed by atoms with van der Waals surface area (Å²) in [6, 6.07) is -0.663. The largest absolute Gasteiger partial charge is 0.444 e. The van der Waals surface area contributed by atoms with Gasteiger partial charge in [0.15, 0.2) is 0 Å². The number of primary amides is 1. The first-order chi connectivity index (χ1) is 8.70. The maximum Gasteiger partial charge on any atom is 0.407 e. The van der Waals surface area contributed by atoms with Crippen molar-refractivity contribution in [2.45, 2.75) is 64.6 Å². The molecule has 1 aliphatic heterocycles. The summed E-state index contributed by atoms with van der Waals surface area (Å²) in [5.41, 5.74) is 4.84. The molecule has 2 atom stereocenters. The summed E-state index contributed by atoms with van der Waals surface area (Å²) in [7, 11) is 0. The van der Waals surface area contributed by atoms with Crippen molar-refractivity contribution in [2.24, 2.45) is 5.73 Å². The Kier molecular flexibility index (Phi) is 5.03. The van der Waals surface area contributed by atoms with E-state index in [0.29, 0.717) is 6.54 Å². The van der Waals surface area contributed by atoms with Gasteiger partial charge in [0.2, 0.25) is 0 Å². The molecular weight excluding hydrogens is 246 g/mol.